The van der Waals surface area contributed by atoms with Crippen molar-refractivity contribution in [3.63, 3.8) is 0 Å². The van der Waals surface area contributed by atoms with Crippen LogP contribution in [0.2, 0.25) is 0 Å². The molecule has 29 heavy (non-hydrogen) atoms. The molecule has 3 aromatic rings. The van der Waals surface area contributed by atoms with Gasteiger partial charge in [0.05, 0.1) is 19.9 Å². The summed E-state index contributed by atoms with van der Waals surface area (Å²) in [7, 11) is 3.37. The van der Waals surface area contributed by atoms with E-state index in [9.17, 15) is 0 Å². The van der Waals surface area contributed by atoms with Gasteiger partial charge in [-0.3, -0.25) is 0 Å². The number of benzene rings is 2. The van der Waals surface area contributed by atoms with Gasteiger partial charge in [0, 0.05) is 23.2 Å². The smallest absolute Gasteiger partial charge is 0.190 e. The Morgan fingerprint density at radius 3 is 2.52 bits per heavy atom. The number of aromatic nitrogens is 1. The number of anilines is 2. The topological polar surface area (TPSA) is 34.6 Å². The van der Waals surface area contributed by atoms with Crippen molar-refractivity contribution < 1.29 is 9.47 Å². The molecule has 1 aliphatic carbocycles. The Morgan fingerprint density at radius 1 is 1.00 bits per heavy atom. The van der Waals surface area contributed by atoms with Crippen molar-refractivity contribution >= 4 is 22.2 Å². The molecule has 4 nitrogen and oxygen atoms in total. The van der Waals surface area contributed by atoms with Crippen LogP contribution in [0.3, 0.4) is 0 Å². The summed E-state index contributed by atoms with van der Waals surface area (Å²) in [5.41, 5.74) is 3.09. The van der Waals surface area contributed by atoms with E-state index in [2.05, 4.69) is 40.6 Å². The fourth-order valence-corrected chi connectivity index (χ4v) is 4.91. The number of ether oxygens (including phenoxy) is 2. The normalized spacial score (nSPS) is 14.6. The van der Waals surface area contributed by atoms with E-state index >= 15 is 0 Å². The third-order valence-electron chi connectivity index (χ3n) is 5.64. The van der Waals surface area contributed by atoms with Crippen LogP contribution in [0.1, 0.15) is 32.1 Å². The highest BCUT2D eigenvalue weighted by molar-refractivity contribution is 7.14. The molecule has 0 bridgehead atoms. The Morgan fingerprint density at radius 2 is 1.79 bits per heavy atom. The van der Waals surface area contributed by atoms with Crippen LogP contribution < -0.4 is 14.4 Å². The van der Waals surface area contributed by atoms with Crippen molar-refractivity contribution in [3.8, 4) is 22.8 Å². The Kier molecular flexibility index (Phi) is 6.35. The highest BCUT2D eigenvalue weighted by Crippen LogP contribution is 2.38. The van der Waals surface area contributed by atoms with E-state index in [4.69, 9.17) is 14.5 Å². The van der Waals surface area contributed by atoms with Gasteiger partial charge in [-0.25, -0.2) is 4.98 Å². The summed E-state index contributed by atoms with van der Waals surface area (Å²) in [4.78, 5) is 7.40. The van der Waals surface area contributed by atoms with Gasteiger partial charge in [0.15, 0.2) is 5.13 Å². The summed E-state index contributed by atoms with van der Waals surface area (Å²) in [6.07, 6.45) is 6.68. The molecular weight excluding hydrogens is 380 g/mol. The number of hydrogen-bond donors (Lipinski definition) is 0. The summed E-state index contributed by atoms with van der Waals surface area (Å²) in [6.45, 7) is 1.02. The van der Waals surface area contributed by atoms with Gasteiger partial charge >= 0.3 is 0 Å². The lowest BCUT2D eigenvalue weighted by molar-refractivity contribution is 0.365. The van der Waals surface area contributed by atoms with E-state index in [-0.39, 0.29) is 0 Å². The van der Waals surface area contributed by atoms with Crippen molar-refractivity contribution in [3.05, 3.63) is 53.9 Å². The lowest BCUT2D eigenvalue weighted by Gasteiger charge is -2.29. The summed E-state index contributed by atoms with van der Waals surface area (Å²) in [5, 5.41) is 3.14. The molecule has 0 radical (unpaired) electrons. The van der Waals surface area contributed by atoms with Gasteiger partial charge in [-0.15, -0.1) is 11.3 Å². The average Bonchev–Trinajstić information content (AvgIpc) is 3.28. The number of rotatable bonds is 7. The molecule has 0 spiro atoms. The highest BCUT2D eigenvalue weighted by Gasteiger charge is 2.22. The van der Waals surface area contributed by atoms with Gasteiger partial charge in [0.1, 0.15) is 11.5 Å². The molecule has 0 aliphatic heterocycles. The first-order valence-electron chi connectivity index (χ1n) is 10.3. The van der Waals surface area contributed by atoms with Crippen molar-refractivity contribution in [2.45, 2.75) is 32.1 Å². The summed E-state index contributed by atoms with van der Waals surface area (Å²) in [6, 6.07) is 16.5. The predicted octanol–water partition coefficient (Wildman–Crippen LogP) is 6.55. The summed E-state index contributed by atoms with van der Waals surface area (Å²) >= 11 is 1.69. The van der Waals surface area contributed by atoms with Crippen LogP contribution >= 0.6 is 11.3 Å². The molecule has 0 saturated heterocycles. The molecule has 1 saturated carbocycles. The SMILES string of the molecule is COc1ccc(OC)c(-c2csc(N(CC3CCCCC3)c3ccccc3)n2)c1. The van der Waals surface area contributed by atoms with Gasteiger partial charge in [-0.05, 0) is 49.1 Å². The van der Waals surface area contributed by atoms with E-state index in [1.54, 1.807) is 25.6 Å². The minimum Gasteiger partial charge on any atom is -0.497 e. The quantitative estimate of drug-likeness (QED) is 0.444. The molecule has 1 heterocycles. The fraction of sp³-hybridized carbons (Fsp3) is 0.375. The van der Waals surface area contributed by atoms with E-state index in [0.717, 1.165) is 40.4 Å². The zero-order chi connectivity index (χ0) is 20.1. The molecule has 1 aromatic heterocycles. The van der Waals surface area contributed by atoms with Crippen LogP contribution in [-0.2, 0) is 0 Å². The molecule has 0 N–H and O–H groups in total. The second kappa shape index (κ2) is 9.31. The van der Waals surface area contributed by atoms with E-state index < -0.39 is 0 Å². The Bertz CT molecular complexity index is 920. The average molecular weight is 409 g/mol. The molecule has 5 heteroatoms. The van der Waals surface area contributed by atoms with Gasteiger partial charge < -0.3 is 14.4 Å². The monoisotopic (exact) mass is 408 g/mol. The third-order valence-corrected chi connectivity index (χ3v) is 6.50. The van der Waals surface area contributed by atoms with Gasteiger partial charge in [0.25, 0.3) is 0 Å². The molecule has 2 aromatic carbocycles. The Balaban J connectivity index is 1.67. The molecule has 152 valence electrons. The van der Waals surface area contributed by atoms with E-state index in [0.29, 0.717) is 0 Å². The molecular formula is C24H28N2O2S. The van der Waals surface area contributed by atoms with E-state index in [1.165, 1.54) is 37.8 Å². The standard InChI is InChI=1S/C24H28N2O2S/c1-27-20-13-14-23(28-2)21(15-20)22-17-29-24(25-22)26(19-11-7-4-8-12-19)16-18-9-5-3-6-10-18/h4,7-8,11-15,17-18H,3,5-6,9-10,16H2,1-2H3. The van der Waals surface area contributed by atoms with Crippen LogP contribution in [0.15, 0.2) is 53.9 Å². The maximum Gasteiger partial charge on any atom is 0.190 e. The largest absolute Gasteiger partial charge is 0.497 e. The number of thiazole rings is 1. The first-order chi connectivity index (χ1) is 14.3. The van der Waals surface area contributed by atoms with Crippen LogP contribution in [0.25, 0.3) is 11.3 Å². The lowest BCUT2D eigenvalue weighted by Crippen LogP contribution is -2.26. The minimum absolute atomic E-state index is 0.725. The van der Waals surface area contributed by atoms with Gasteiger partial charge in [0.2, 0.25) is 0 Å². The molecule has 1 fully saturated rings. The number of methoxy groups -OCH3 is 2. The van der Waals surface area contributed by atoms with Gasteiger partial charge in [-0.2, -0.15) is 0 Å². The highest BCUT2D eigenvalue weighted by atomic mass is 32.1. The molecule has 1 aliphatic rings. The zero-order valence-electron chi connectivity index (χ0n) is 17.1. The maximum absolute atomic E-state index is 5.57. The third kappa shape index (κ3) is 4.56. The van der Waals surface area contributed by atoms with Gasteiger partial charge in [-0.1, -0.05) is 37.5 Å². The van der Waals surface area contributed by atoms with E-state index in [1.807, 2.05) is 18.2 Å². The van der Waals surface area contributed by atoms with Crippen molar-refractivity contribution in [1.82, 2.24) is 4.98 Å². The first kappa shape index (κ1) is 19.8. The molecule has 0 atom stereocenters. The number of hydrogen-bond acceptors (Lipinski definition) is 5. The molecule has 0 amide bonds. The second-order valence-electron chi connectivity index (χ2n) is 7.53. The first-order valence-corrected chi connectivity index (χ1v) is 11.2. The summed E-state index contributed by atoms with van der Waals surface area (Å²) < 4.78 is 11.0. The number of para-hydroxylation sites is 1. The lowest BCUT2D eigenvalue weighted by atomic mass is 9.89. The van der Waals surface area contributed by atoms with Crippen molar-refractivity contribution in [2.24, 2.45) is 5.92 Å². The molecule has 4 rings (SSSR count). The molecule has 0 unspecified atom stereocenters. The minimum atomic E-state index is 0.725. The van der Waals surface area contributed by atoms with Crippen molar-refractivity contribution in [2.75, 3.05) is 25.7 Å². The summed E-state index contributed by atoms with van der Waals surface area (Å²) in [5.74, 6) is 2.33. The van der Waals surface area contributed by atoms with Crippen LogP contribution in [0.4, 0.5) is 10.8 Å². The second-order valence-corrected chi connectivity index (χ2v) is 8.37. The maximum atomic E-state index is 5.57. The zero-order valence-corrected chi connectivity index (χ0v) is 18.0. The number of nitrogens with zero attached hydrogens (tertiary/aromatic N) is 2. The van der Waals surface area contributed by atoms with Crippen LogP contribution in [0, 0.1) is 5.92 Å². The Hall–Kier alpha value is -2.53. The van der Waals surface area contributed by atoms with Crippen LogP contribution in [-0.4, -0.2) is 25.7 Å². The Labute approximate surface area is 177 Å². The fourth-order valence-electron chi connectivity index (χ4n) is 4.06. The van der Waals surface area contributed by atoms with Crippen molar-refractivity contribution in [1.29, 1.82) is 0 Å². The predicted molar refractivity (Wildman–Crippen MR) is 121 cm³/mol. The van der Waals surface area contributed by atoms with Crippen LogP contribution in [0.5, 0.6) is 11.5 Å².